The number of nitrogens with one attached hydrogen (secondary N) is 2. The summed E-state index contributed by atoms with van der Waals surface area (Å²) in [5.41, 5.74) is 5.46. The molecule has 0 unspecified atom stereocenters. The highest BCUT2D eigenvalue weighted by atomic mass is 32.1. The average molecular weight is 455 g/mol. The number of H-pyrrole nitrogens is 1. The number of carbonyl (C=O) groups is 2. The van der Waals surface area contributed by atoms with Crippen LogP contribution in [0.25, 0.3) is 5.69 Å². The van der Waals surface area contributed by atoms with Gasteiger partial charge in [-0.1, -0.05) is 32.9 Å². The van der Waals surface area contributed by atoms with Gasteiger partial charge in [0.15, 0.2) is 0 Å². The van der Waals surface area contributed by atoms with E-state index < -0.39 is 11.9 Å². The van der Waals surface area contributed by atoms with Crippen molar-refractivity contribution < 1.29 is 14.3 Å². The molecule has 0 spiro atoms. The maximum absolute atomic E-state index is 13.0. The van der Waals surface area contributed by atoms with Gasteiger partial charge < -0.3 is 4.74 Å². The summed E-state index contributed by atoms with van der Waals surface area (Å²) in [6.45, 7) is 9.82. The highest BCUT2D eigenvalue weighted by Crippen LogP contribution is 2.23. The fourth-order valence-corrected chi connectivity index (χ4v) is 3.99. The molecule has 32 heavy (non-hydrogen) atoms. The van der Waals surface area contributed by atoms with Crippen molar-refractivity contribution in [2.75, 3.05) is 7.11 Å². The molecule has 2 heterocycles. The van der Waals surface area contributed by atoms with Crippen molar-refractivity contribution in [1.82, 2.24) is 15.2 Å². The van der Waals surface area contributed by atoms with E-state index in [0.29, 0.717) is 32.4 Å². The standard InChI is InChI=1S/C23H26N4O4S/c1-13(24-25-20(28)17-11-12-18(32-17)22(30)31-6)19-14(2)26-27(21(19)29)16-9-7-15(8-10-16)23(3,4)5/h7-12,26H,1-6H3,(H,25,28)/b24-13+. The van der Waals surface area contributed by atoms with Gasteiger partial charge in [-0.05, 0) is 49.1 Å². The van der Waals surface area contributed by atoms with Gasteiger partial charge in [-0.15, -0.1) is 11.3 Å². The first-order chi connectivity index (χ1) is 15.0. The number of hydrogen-bond donors (Lipinski definition) is 2. The molecule has 0 aliphatic carbocycles. The number of esters is 1. The molecule has 168 valence electrons. The van der Waals surface area contributed by atoms with Crippen molar-refractivity contribution in [3.05, 3.63) is 73.3 Å². The number of methoxy groups -OCH3 is 1. The van der Waals surface area contributed by atoms with E-state index >= 15 is 0 Å². The Morgan fingerprint density at radius 2 is 1.72 bits per heavy atom. The summed E-state index contributed by atoms with van der Waals surface area (Å²) in [5.74, 6) is -0.983. The second kappa shape index (κ2) is 8.96. The summed E-state index contributed by atoms with van der Waals surface area (Å²) in [6.07, 6.45) is 0. The van der Waals surface area contributed by atoms with Gasteiger partial charge in [0.25, 0.3) is 11.5 Å². The lowest BCUT2D eigenvalue weighted by Gasteiger charge is -2.19. The first-order valence-electron chi connectivity index (χ1n) is 9.98. The maximum atomic E-state index is 13.0. The van der Waals surface area contributed by atoms with Gasteiger partial charge in [0.2, 0.25) is 0 Å². The molecule has 1 aromatic carbocycles. The summed E-state index contributed by atoms with van der Waals surface area (Å²) < 4.78 is 6.10. The van der Waals surface area contributed by atoms with E-state index in [1.54, 1.807) is 13.8 Å². The van der Waals surface area contributed by atoms with E-state index in [1.807, 2.05) is 24.3 Å². The van der Waals surface area contributed by atoms with Crippen LogP contribution in [0.5, 0.6) is 0 Å². The number of aromatic nitrogens is 2. The zero-order valence-corrected chi connectivity index (χ0v) is 19.7. The SMILES string of the molecule is COC(=O)c1ccc(C(=O)N/N=C(\C)c2c(C)[nH]n(-c3ccc(C(C)(C)C)cc3)c2=O)s1. The van der Waals surface area contributed by atoms with Crippen LogP contribution in [0.3, 0.4) is 0 Å². The van der Waals surface area contributed by atoms with Gasteiger partial charge in [-0.3, -0.25) is 14.7 Å². The van der Waals surface area contributed by atoms with Crippen LogP contribution in [0.2, 0.25) is 0 Å². The number of hydrazone groups is 1. The highest BCUT2D eigenvalue weighted by molar-refractivity contribution is 7.15. The predicted molar refractivity (Wildman–Crippen MR) is 125 cm³/mol. The largest absolute Gasteiger partial charge is 0.465 e. The number of thiophene rings is 1. The molecule has 0 aliphatic heterocycles. The number of aryl methyl sites for hydroxylation is 1. The lowest BCUT2D eigenvalue weighted by molar-refractivity contribution is 0.0606. The number of carbonyl (C=O) groups excluding carboxylic acids is 2. The van der Waals surface area contributed by atoms with Crippen LogP contribution >= 0.6 is 11.3 Å². The van der Waals surface area contributed by atoms with E-state index in [4.69, 9.17) is 0 Å². The van der Waals surface area contributed by atoms with Crippen molar-refractivity contribution in [2.24, 2.45) is 5.10 Å². The Morgan fingerprint density at radius 3 is 2.31 bits per heavy atom. The third-order valence-corrected chi connectivity index (χ3v) is 6.03. The lowest BCUT2D eigenvalue weighted by atomic mass is 9.87. The molecule has 0 fully saturated rings. The maximum Gasteiger partial charge on any atom is 0.348 e. The predicted octanol–water partition coefficient (Wildman–Crippen LogP) is 3.77. The van der Waals surface area contributed by atoms with Gasteiger partial charge >= 0.3 is 5.97 Å². The summed E-state index contributed by atoms with van der Waals surface area (Å²) in [7, 11) is 1.28. The first-order valence-corrected chi connectivity index (χ1v) is 10.8. The van der Waals surface area contributed by atoms with Gasteiger partial charge in [0.1, 0.15) is 4.88 Å². The zero-order chi connectivity index (χ0) is 23.6. The Balaban J connectivity index is 1.82. The van der Waals surface area contributed by atoms with Gasteiger partial charge in [0, 0.05) is 5.69 Å². The smallest absolute Gasteiger partial charge is 0.348 e. The average Bonchev–Trinajstić information content (AvgIpc) is 3.35. The minimum atomic E-state index is -0.507. The fourth-order valence-electron chi connectivity index (χ4n) is 3.18. The fraction of sp³-hybridized carbons (Fsp3) is 0.304. The Hall–Kier alpha value is -3.46. The first kappa shape index (κ1) is 23.2. The Kier molecular flexibility index (Phi) is 6.50. The van der Waals surface area contributed by atoms with E-state index in [2.05, 4.69) is 41.1 Å². The second-order valence-corrected chi connectivity index (χ2v) is 9.43. The third kappa shape index (κ3) is 4.72. The molecule has 0 saturated heterocycles. The minimum Gasteiger partial charge on any atom is -0.465 e. The van der Waals surface area contributed by atoms with Crippen LogP contribution in [0.4, 0.5) is 0 Å². The van der Waals surface area contributed by atoms with E-state index in [9.17, 15) is 14.4 Å². The van der Waals surface area contributed by atoms with Crippen molar-refractivity contribution in [2.45, 2.75) is 40.0 Å². The number of rotatable bonds is 5. The number of benzene rings is 1. The van der Waals surface area contributed by atoms with Crippen LogP contribution in [-0.2, 0) is 10.2 Å². The molecule has 0 bridgehead atoms. The second-order valence-electron chi connectivity index (χ2n) is 8.34. The minimum absolute atomic E-state index is 0.0158. The number of aromatic amines is 1. The molecular formula is C23H26N4O4S. The van der Waals surface area contributed by atoms with E-state index in [-0.39, 0.29) is 11.0 Å². The topological polar surface area (TPSA) is 106 Å². The van der Waals surface area contributed by atoms with Crippen molar-refractivity contribution >= 4 is 28.9 Å². The molecule has 0 radical (unpaired) electrons. The third-order valence-electron chi connectivity index (χ3n) is 4.97. The van der Waals surface area contributed by atoms with E-state index in [1.165, 1.54) is 29.5 Å². The highest BCUT2D eigenvalue weighted by Gasteiger charge is 2.18. The number of nitrogens with zero attached hydrogens (tertiary/aromatic N) is 2. The van der Waals surface area contributed by atoms with Crippen molar-refractivity contribution in [3.63, 3.8) is 0 Å². The van der Waals surface area contributed by atoms with Crippen LogP contribution in [0.15, 0.2) is 46.3 Å². The summed E-state index contributed by atoms with van der Waals surface area (Å²) >= 11 is 1.00. The monoisotopic (exact) mass is 454 g/mol. The molecule has 2 aromatic heterocycles. The molecule has 3 aromatic rings. The lowest BCUT2D eigenvalue weighted by Crippen LogP contribution is -2.23. The molecule has 0 atom stereocenters. The Morgan fingerprint density at radius 1 is 1.09 bits per heavy atom. The zero-order valence-electron chi connectivity index (χ0n) is 18.9. The molecule has 8 nitrogen and oxygen atoms in total. The normalized spacial score (nSPS) is 12.0. The summed E-state index contributed by atoms with van der Waals surface area (Å²) in [4.78, 5) is 37.6. The van der Waals surface area contributed by atoms with Gasteiger partial charge in [-0.25, -0.2) is 14.9 Å². The quantitative estimate of drug-likeness (QED) is 0.348. The van der Waals surface area contributed by atoms with Crippen molar-refractivity contribution in [1.29, 1.82) is 0 Å². The molecule has 9 heteroatoms. The van der Waals surface area contributed by atoms with Crippen LogP contribution in [0, 0.1) is 6.92 Å². The van der Waals surface area contributed by atoms with Crippen LogP contribution in [-0.4, -0.2) is 34.5 Å². The molecule has 0 aliphatic rings. The Bertz CT molecular complexity index is 1240. The molecule has 0 saturated carbocycles. The number of hydrogen-bond acceptors (Lipinski definition) is 6. The Labute approximate surface area is 189 Å². The van der Waals surface area contributed by atoms with Crippen molar-refractivity contribution in [3.8, 4) is 5.69 Å². The van der Waals surface area contributed by atoms with Crippen LogP contribution in [0.1, 0.15) is 63.9 Å². The van der Waals surface area contributed by atoms with Gasteiger partial charge in [-0.2, -0.15) is 5.10 Å². The summed E-state index contributed by atoms with van der Waals surface area (Å²) in [5, 5.41) is 7.17. The molecule has 2 N–H and O–H groups in total. The molecular weight excluding hydrogens is 428 g/mol. The van der Waals surface area contributed by atoms with E-state index in [0.717, 1.165) is 11.3 Å². The van der Waals surface area contributed by atoms with Gasteiger partial charge in [0.05, 0.1) is 28.9 Å². The van der Waals surface area contributed by atoms with Crippen LogP contribution < -0.4 is 11.0 Å². The number of ether oxygens (including phenoxy) is 1. The number of amides is 1. The molecule has 3 rings (SSSR count). The molecule has 1 amide bonds. The summed E-state index contributed by atoms with van der Waals surface area (Å²) in [6, 6.07) is 10.8.